The number of rotatable bonds is 10. The molecule has 7 rings (SSSR count). The molecule has 0 aliphatic heterocycles. The predicted molar refractivity (Wildman–Crippen MR) is 152 cm³/mol. The van der Waals surface area contributed by atoms with E-state index in [9.17, 15) is 4.79 Å². The minimum absolute atomic E-state index is 0.110. The van der Waals surface area contributed by atoms with Gasteiger partial charge >= 0.3 is 0 Å². The normalized spacial score (nSPS) is 25.0. The van der Waals surface area contributed by atoms with Crippen LogP contribution in [0.25, 0.3) is 0 Å². The van der Waals surface area contributed by atoms with Crippen LogP contribution in [0, 0.1) is 17.8 Å². The van der Waals surface area contributed by atoms with Crippen molar-refractivity contribution < 1.29 is 19.1 Å². The lowest BCUT2D eigenvalue weighted by Crippen LogP contribution is -2.48. The number of hydrogen-bond donors (Lipinski definition) is 1. The van der Waals surface area contributed by atoms with Gasteiger partial charge in [0.2, 0.25) is 0 Å². The number of oxime groups is 1. The maximum absolute atomic E-state index is 12.6. The maximum Gasteiger partial charge on any atom is 0.262 e. The van der Waals surface area contributed by atoms with Crippen molar-refractivity contribution in [2.24, 2.45) is 22.9 Å². The summed E-state index contributed by atoms with van der Waals surface area (Å²) in [5, 5.41) is 7.00. The smallest absolute Gasteiger partial charge is 0.262 e. The number of carbonyl (C=O) groups excluding carboxylic acids is 1. The third-order valence-electron chi connectivity index (χ3n) is 8.72. The third-order valence-corrected chi connectivity index (χ3v) is 8.72. The first-order chi connectivity index (χ1) is 19.1. The molecule has 3 aromatic carbocycles. The van der Waals surface area contributed by atoms with E-state index in [0.717, 1.165) is 34.6 Å². The summed E-state index contributed by atoms with van der Waals surface area (Å²) in [6.07, 6.45) is 9.96. The van der Waals surface area contributed by atoms with Crippen molar-refractivity contribution in [3.63, 3.8) is 0 Å². The number of hydrogen-bond acceptors (Lipinski definition) is 5. The summed E-state index contributed by atoms with van der Waals surface area (Å²) in [5.74, 6) is 3.55. The van der Waals surface area contributed by atoms with Crippen molar-refractivity contribution in [2.45, 2.75) is 50.5 Å². The number of benzene rings is 3. The van der Waals surface area contributed by atoms with Gasteiger partial charge in [-0.15, -0.1) is 0 Å². The summed E-state index contributed by atoms with van der Waals surface area (Å²) in [4.78, 5) is 18.0. The van der Waals surface area contributed by atoms with E-state index in [1.807, 2.05) is 48.5 Å². The molecule has 0 radical (unpaired) electrons. The standard InChI is InChI=1S/C33H36N2O4/c1-37-31-16-24(20-34-39-21-23-5-3-2-4-6-23)7-12-30(31)38-22-32(36)35-29-10-8-28(9-11-29)33-17-25-13-26(18-33)15-27(14-25)19-33/h2-12,16,20,25-27H,13-15,17-19,21-22H2,1H3,(H,35,36)/b34-20+. The molecule has 1 amide bonds. The molecular formula is C33H36N2O4. The molecule has 0 heterocycles. The summed E-state index contributed by atoms with van der Waals surface area (Å²) in [5.41, 5.74) is 4.46. The van der Waals surface area contributed by atoms with Crippen molar-refractivity contribution in [1.82, 2.24) is 0 Å². The second-order valence-electron chi connectivity index (χ2n) is 11.5. The van der Waals surface area contributed by atoms with Crippen molar-refractivity contribution in [3.05, 3.63) is 89.5 Å². The first kappa shape index (κ1) is 25.5. The molecule has 4 aliphatic rings. The molecule has 6 nitrogen and oxygen atoms in total. The lowest BCUT2D eigenvalue weighted by molar-refractivity contribution is -0.118. The first-order valence-corrected chi connectivity index (χ1v) is 14.0. The maximum atomic E-state index is 12.6. The lowest BCUT2D eigenvalue weighted by Gasteiger charge is -2.57. The molecule has 39 heavy (non-hydrogen) atoms. The van der Waals surface area contributed by atoms with E-state index in [2.05, 4.69) is 22.6 Å². The van der Waals surface area contributed by atoms with Gasteiger partial charge in [-0.2, -0.15) is 0 Å². The largest absolute Gasteiger partial charge is 0.493 e. The van der Waals surface area contributed by atoms with Crippen LogP contribution in [0.2, 0.25) is 0 Å². The Balaban J connectivity index is 1.01. The molecule has 0 spiro atoms. The van der Waals surface area contributed by atoms with Crippen LogP contribution in [-0.2, 0) is 21.7 Å². The van der Waals surface area contributed by atoms with Gasteiger partial charge in [0.1, 0.15) is 6.61 Å². The second kappa shape index (κ2) is 11.1. The van der Waals surface area contributed by atoms with E-state index in [1.165, 1.54) is 44.1 Å². The monoisotopic (exact) mass is 524 g/mol. The highest BCUT2D eigenvalue weighted by atomic mass is 16.6. The van der Waals surface area contributed by atoms with Crippen LogP contribution >= 0.6 is 0 Å². The SMILES string of the molecule is COc1cc(/C=N/OCc2ccccc2)ccc1OCC(=O)Nc1ccc(C23CC4CC(CC(C4)C2)C3)cc1. The zero-order valence-electron chi connectivity index (χ0n) is 22.5. The fraction of sp³-hybridized carbons (Fsp3) is 0.394. The van der Waals surface area contributed by atoms with E-state index in [0.29, 0.717) is 23.5 Å². The Labute approximate surface area is 230 Å². The second-order valence-corrected chi connectivity index (χ2v) is 11.5. The summed E-state index contributed by atoms with van der Waals surface area (Å²) in [6, 6.07) is 23.8. The number of methoxy groups -OCH3 is 1. The fourth-order valence-electron chi connectivity index (χ4n) is 7.38. The predicted octanol–water partition coefficient (Wildman–Crippen LogP) is 6.73. The van der Waals surface area contributed by atoms with Crippen LogP contribution in [-0.4, -0.2) is 25.8 Å². The van der Waals surface area contributed by atoms with Crippen LogP contribution in [0.5, 0.6) is 11.5 Å². The molecule has 0 atom stereocenters. The first-order valence-electron chi connectivity index (χ1n) is 14.0. The van der Waals surface area contributed by atoms with Crippen LogP contribution < -0.4 is 14.8 Å². The molecule has 4 aliphatic carbocycles. The topological polar surface area (TPSA) is 69.1 Å². The minimum atomic E-state index is -0.209. The van der Waals surface area contributed by atoms with Gasteiger partial charge < -0.3 is 19.6 Å². The van der Waals surface area contributed by atoms with E-state index in [1.54, 1.807) is 25.5 Å². The van der Waals surface area contributed by atoms with Crippen molar-refractivity contribution in [2.75, 3.05) is 19.0 Å². The van der Waals surface area contributed by atoms with E-state index < -0.39 is 0 Å². The number of ether oxygens (including phenoxy) is 2. The highest BCUT2D eigenvalue weighted by molar-refractivity contribution is 5.92. The van der Waals surface area contributed by atoms with Crippen LogP contribution in [0.4, 0.5) is 5.69 Å². The van der Waals surface area contributed by atoms with Gasteiger partial charge in [-0.05, 0) is 103 Å². The van der Waals surface area contributed by atoms with Crippen molar-refractivity contribution in [3.8, 4) is 11.5 Å². The van der Waals surface area contributed by atoms with Gasteiger partial charge in [-0.3, -0.25) is 4.79 Å². The van der Waals surface area contributed by atoms with Crippen molar-refractivity contribution in [1.29, 1.82) is 0 Å². The zero-order chi connectivity index (χ0) is 26.7. The van der Waals surface area contributed by atoms with Crippen LogP contribution in [0.1, 0.15) is 55.2 Å². The molecule has 202 valence electrons. The average Bonchev–Trinajstić information content (AvgIpc) is 2.94. The van der Waals surface area contributed by atoms with Crippen molar-refractivity contribution >= 4 is 17.8 Å². The van der Waals surface area contributed by atoms with Crippen LogP contribution in [0.3, 0.4) is 0 Å². The van der Waals surface area contributed by atoms with Gasteiger partial charge in [0.05, 0.1) is 13.3 Å². The molecule has 6 heteroatoms. The Hall–Kier alpha value is -3.80. The summed E-state index contributed by atoms with van der Waals surface area (Å²) < 4.78 is 11.2. The van der Waals surface area contributed by atoms with Gasteiger partial charge in [-0.1, -0.05) is 47.6 Å². The number of nitrogens with one attached hydrogen (secondary N) is 1. The molecule has 4 saturated carbocycles. The Morgan fingerprint density at radius 2 is 1.62 bits per heavy atom. The van der Waals surface area contributed by atoms with E-state index >= 15 is 0 Å². The van der Waals surface area contributed by atoms with Crippen LogP contribution in [0.15, 0.2) is 78.0 Å². The number of nitrogens with zero attached hydrogens (tertiary/aromatic N) is 1. The molecule has 4 bridgehead atoms. The Bertz CT molecular complexity index is 1280. The molecule has 3 aromatic rings. The number of anilines is 1. The Morgan fingerprint density at radius 1 is 0.923 bits per heavy atom. The average molecular weight is 525 g/mol. The highest BCUT2D eigenvalue weighted by Gasteiger charge is 2.51. The minimum Gasteiger partial charge on any atom is -0.493 e. The molecular weight excluding hydrogens is 488 g/mol. The molecule has 1 N–H and O–H groups in total. The summed E-state index contributed by atoms with van der Waals surface area (Å²) in [7, 11) is 1.57. The van der Waals surface area contributed by atoms with Gasteiger partial charge in [0.15, 0.2) is 18.1 Å². The third kappa shape index (κ3) is 5.80. The zero-order valence-corrected chi connectivity index (χ0v) is 22.5. The Morgan fingerprint density at radius 3 is 2.28 bits per heavy atom. The molecule has 0 unspecified atom stereocenters. The van der Waals surface area contributed by atoms with E-state index in [4.69, 9.17) is 14.3 Å². The summed E-state index contributed by atoms with van der Waals surface area (Å²) in [6.45, 7) is 0.288. The van der Waals surface area contributed by atoms with Gasteiger partial charge in [0, 0.05) is 11.3 Å². The number of carbonyl (C=O) groups is 1. The fourth-order valence-corrected chi connectivity index (χ4v) is 7.38. The molecule has 4 fully saturated rings. The van der Waals surface area contributed by atoms with Gasteiger partial charge in [0.25, 0.3) is 5.91 Å². The van der Waals surface area contributed by atoms with Gasteiger partial charge in [-0.25, -0.2) is 0 Å². The Kier molecular flexibility index (Phi) is 7.27. The highest BCUT2D eigenvalue weighted by Crippen LogP contribution is 2.60. The lowest BCUT2D eigenvalue weighted by atomic mass is 9.48. The van der Waals surface area contributed by atoms with E-state index in [-0.39, 0.29) is 12.5 Å². The molecule has 0 saturated heterocycles. The summed E-state index contributed by atoms with van der Waals surface area (Å²) >= 11 is 0. The quantitative estimate of drug-likeness (QED) is 0.236. The molecule has 0 aromatic heterocycles. The number of amides is 1.